The summed E-state index contributed by atoms with van der Waals surface area (Å²) in [5.74, 6) is -0.248. The molecule has 1 heterocycles. The summed E-state index contributed by atoms with van der Waals surface area (Å²) in [7, 11) is 4.04. The molecule has 1 atom stereocenters. The van der Waals surface area contributed by atoms with E-state index in [4.69, 9.17) is 0 Å². The monoisotopic (exact) mass is 211 g/mol. The molecular formula is C11H18FN3. The summed E-state index contributed by atoms with van der Waals surface area (Å²) in [5, 5.41) is 3.26. The minimum atomic E-state index is -0.248. The van der Waals surface area contributed by atoms with Crippen LogP contribution in [0.4, 0.5) is 4.39 Å². The van der Waals surface area contributed by atoms with E-state index in [1.165, 1.54) is 6.20 Å². The Morgan fingerprint density at radius 1 is 1.53 bits per heavy atom. The maximum Gasteiger partial charge on any atom is 0.145 e. The Morgan fingerprint density at radius 3 is 2.87 bits per heavy atom. The van der Waals surface area contributed by atoms with Crippen molar-refractivity contribution in [3.8, 4) is 0 Å². The molecule has 0 aromatic carbocycles. The highest BCUT2D eigenvalue weighted by Crippen LogP contribution is 2.03. The van der Waals surface area contributed by atoms with Crippen LogP contribution in [0.2, 0.25) is 0 Å². The fourth-order valence-electron chi connectivity index (χ4n) is 1.44. The van der Waals surface area contributed by atoms with Gasteiger partial charge in [-0.1, -0.05) is 0 Å². The summed E-state index contributed by atoms with van der Waals surface area (Å²) in [4.78, 5) is 5.81. The molecule has 1 aromatic heterocycles. The van der Waals surface area contributed by atoms with Crippen molar-refractivity contribution in [2.24, 2.45) is 0 Å². The van der Waals surface area contributed by atoms with Gasteiger partial charge in [0.05, 0.1) is 6.20 Å². The zero-order valence-corrected chi connectivity index (χ0v) is 9.50. The molecule has 84 valence electrons. The number of likely N-dealkylation sites (N-methyl/N-ethyl adjacent to an activating group) is 1. The Hall–Kier alpha value is -1.00. The Bertz CT molecular complexity index is 302. The molecule has 4 heteroatoms. The maximum absolute atomic E-state index is 13.2. The summed E-state index contributed by atoms with van der Waals surface area (Å²) < 4.78 is 13.2. The van der Waals surface area contributed by atoms with Gasteiger partial charge in [-0.25, -0.2) is 4.39 Å². The lowest BCUT2D eigenvalue weighted by atomic mass is 10.2. The van der Waals surface area contributed by atoms with Crippen LogP contribution in [-0.2, 0) is 6.54 Å². The SMILES string of the molecule is CC(CN(C)C)NCc1ccncc1F. The molecule has 0 amide bonds. The van der Waals surface area contributed by atoms with Gasteiger partial charge in [0, 0.05) is 30.9 Å². The molecule has 0 radical (unpaired) electrons. The molecule has 0 saturated heterocycles. The average Bonchev–Trinajstić information content (AvgIpc) is 2.15. The van der Waals surface area contributed by atoms with Gasteiger partial charge in [-0.15, -0.1) is 0 Å². The lowest BCUT2D eigenvalue weighted by Crippen LogP contribution is -2.35. The lowest BCUT2D eigenvalue weighted by Gasteiger charge is -2.18. The smallest absolute Gasteiger partial charge is 0.145 e. The quantitative estimate of drug-likeness (QED) is 0.794. The van der Waals surface area contributed by atoms with Crippen LogP contribution < -0.4 is 5.32 Å². The van der Waals surface area contributed by atoms with E-state index in [0.29, 0.717) is 18.2 Å². The fraction of sp³-hybridized carbons (Fsp3) is 0.545. The van der Waals surface area contributed by atoms with Crippen LogP contribution in [0.5, 0.6) is 0 Å². The minimum absolute atomic E-state index is 0.248. The van der Waals surface area contributed by atoms with Crippen LogP contribution in [0.15, 0.2) is 18.5 Å². The molecule has 1 unspecified atom stereocenters. The van der Waals surface area contributed by atoms with E-state index in [2.05, 4.69) is 22.1 Å². The fourth-order valence-corrected chi connectivity index (χ4v) is 1.44. The van der Waals surface area contributed by atoms with Crippen LogP contribution in [0.1, 0.15) is 12.5 Å². The van der Waals surface area contributed by atoms with E-state index >= 15 is 0 Å². The second kappa shape index (κ2) is 5.78. The Balaban J connectivity index is 2.40. The minimum Gasteiger partial charge on any atom is -0.309 e. The molecule has 1 aromatic rings. The number of nitrogens with zero attached hydrogens (tertiary/aromatic N) is 2. The molecule has 0 aliphatic rings. The van der Waals surface area contributed by atoms with Crippen LogP contribution in [0.3, 0.4) is 0 Å². The number of rotatable bonds is 5. The summed E-state index contributed by atoms with van der Waals surface area (Å²) >= 11 is 0. The summed E-state index contributed by atoms with van der Waals surface area (Å²) in [6.45, 7) is 3.56. The van der Waals surface area contributed by atoms with Crippen LogP contribution >= 0.6 is 0 Å². The van der Waals surface area contributed by atoms with Gasteiger partial charge in [0.15, 0.2) is 0 Å². The van der Waals surface area contributed by atoms with Crippen LogP contribution in [-0.4, -0.2) is 36.6 Å². The van der Waals surface area contributed by atoms with E-state index in [0.717, 1.165) is 6.54 Å². The van der Waals surface area contributed by atoms with E-state index in [1.54, 1.807) is 12.3 Å². The highest BCUT2D eigenvalue weighted by Gasteiger charge is 2.05. The molecule has 1 rings (SSSR count). The largest absolute Gasteiger partial charge is 0.309 e. The zero-order valence-electron chi connectivity index (χ0n) is 9.50. The van der Waals surface area contributed by atoms with Gasteiger partial charge >= 0.3 is 0 Å². The van der Waals surface area contributed by atoms with E-state index in [1.807, 2.05) is 14.1 Å². The molecule has 0 bridgehead atoms. The first-order chi connectivity index (χ1) is 7.09. The van der Waals surface area contributed by atoms with Crippen molar-refractivity contribution in [3.05, 3.63) is 29.8 Å². The average molecular weight is 211 g/mol. The highest BCUT2D eigenvalue weighted by atomic mass is 19.1. The van der Waals surface area contributed by atoms with Crippen molar-refractivity contribution in [3.63, 3.8) is 0 Å². The van der Waals surface area contributed by atoms with Crippen molar-refractivity contribution < 1.29 is 4.39 Å². The number of hydrogen-bond donors (Lipinski definition) is 1. The van der Waals surface area contributed by atoms with Gasteiger partial charge in [0.25, 0.3) is 0 Å². The van der Waals surface area contributed by atoms with Gasteiger partial charge in [0.2, 0.25) is 0 Å². The van der Waals surface area contributed by atoms with E-state index < -0.39 is 0 Å². The third kappa shape index (κ3) is 4.36. The van der Waals surface area contributed by atoms with Crippen LogP contribution in [0.25, 0.3) is 0 Å². The predicted molar refractivity (Wildman–Crippen MR) is 59.1 cm³/mol. The number of pyridine rings is 1. The second-order valence-corrected chi connectivity index (χ2v) is 4.01. The molecule has 3 nitrogen and oxygen atoms in total. The van der Waals surface area contributed by atoms with Crippen molar-refractivity contribution in [2.75, 3.05) is 20.6 Å². The van der Waals surface area contributed by atoms with E-state index in [-0.39, 0.29) is 5.82 Å². The molecule has 15 heavy (non-hydrogen) atoms. The third-order valence-electron chi connectivity index (χ3n) is 2.14. The molecule has 0 aliphatic carbocycles. The molecule has 1 N–H and O–H groups in total. The topological polar surface area (TPSA) is 28.2 Å². The molecule has 0 aliphatic heterocycles. The normalized spacial score (nSPS) is 13.1. The third-order valence-corrected chi connectivity index (χ3v) is 2.14. The number of halogens is 1. The summed E-state index contributed by atoms with van der Waals surface area (Å²) in [6, 6.07) is 2.04. The van der Waals surface area contributed by atoms with Crippen LogP contribution in [0, 0.1) is 5.82 Å². The van der Waals surface area contributed by atoms with Crippen molar-refractivity contribution in [1.29, 1.82) is 0 Å². The molecular weight excluding hydrogens is 193 g/mol. The van der Waals surface area contributed by atoms with Crippen molar-refractivity contribution >= 4 is 0 Å². The van der Waals surface area contributed by atoms with Crippen molar-refractivity contribution in [2.45, 2.75) is 19.5 Å². The van der Waals surface area contributed by atoms with Gasteiger partial charge in [-0.05, 0) is 27.1 Å². The number of aromatic nitrogens is 1. The van der Waals surface area contributed by atoms with E-state index in [9.17, 15) is 4.39 Å². The first-order valence-corrected chi connectivity index (χ1v) is 5.06. The number of nitrogens with one attached hydrogen (secondary N) is 1. The predicted octanol–water partition coefficient (Wildman–Crippen LogP) is 1.26. The standard InChI is InChI=1S/C11H18FN3/c1-9(8-15(2)3)14-6-10-4-5-13-7-11(10)12/h4-5,7,9,14H,6,8H2,1-3H3. The Kier molecular flexibility index (Phi) is 4.65. The van der Waals surface area contributed by atoms with Gasteiger partial charge < -0.3 is 10.2 Å². The van der Waals surface area contributed by atoms with Gasteiger partial charge in [0.1, 0.15) is 5.82 Å². The van der Waals surface area contributed by atoms with Gasteiger partial charge in [-0.3, -0.25) is 4.98 Å². The lowest BCUT2D eigenvalue weighted by molar-refractivity contribution is 0.348. The Morgan fingerprint density at radius 2 is 2.27 bits per heavy atom. The summed E-state index contributed by atoms with van der Waals surface area (Å²) in [5.41, 5.74) is 0.663. The Labute approximate surface area is 90.3 Å². The van der Waals surface area contributed by atoms with Gasteiger partial charge in [-0.2, -0.15) is 0 Å². The summed E-state index contributed by atoms with van der Waals surface area (Å²) in [6.07, 6.45) is 2.85. The highest BCUT2D eigenvalue weighted by molar-refractivity contribution is 5.12. The second-order valence-electron chi connectivity index (χ2n) is 4.01. The first kappa shape index (κ1) is 12.1. The maximum atomic E-state index is 13.2. The first-order valence-electron chi connectivity index (χ1n) is 5.06. The molecule has 0 spiro atoms. The molecule has 0 fully saturated rings. The van der Waals surface area contributed by atoms with Crippen molar-refractivity contribution in [1.82, 2.24) is 15.2 Å². The molecule has 0 saturated carbocycles. The zero-order chi connectivity index (χ0) is 11.3. The number of hydrogen-bond acceptors (Lipinski definition) is 3.